The fraction of sp³-hybridized carbons (Fsp3) is 0.167. The van der Waals surface area contributed by atoms with E-state index in [2.05, 4.69) is 4.74 Å². The van der Waals surface area contributed by atoms with Gasteiger partial charge in [0.15, 0.2) is 0 Å². The first kappa shape index (κ1) is 16.5. The number of carbonyl (C=O) groups is 1. The predicted molar refractivity (Wildman–Crippen MR) is 86.9 cm³/mol. The highest BCUT2D eigenvalue weighted by atomic mass is 19.2. The minimum absolute atomic E-state index is 0.431. The van der Waals surface area contributed by atoms with E-state index in [9.17, 15) is 9.28 Å². The molecule has 0 unspecified atom stereocenters. The summed E-state index contributed by atoms with van der Waals surface area (Å²) < 4.78 is 23.2. The molecule has 0 aliphatic heterocycles. The highest BCUT2D eigenvalue weighted by molar-refractivity contribution is 5.86. The predicted octanol–water partition coefficient (Wildman–Crippen LogP) is 4.13. The average Bonchev–Trinajstić information content (AvgIpc) is 2.97. The van der Waals surface area contributed by atoms with Gasteiger partial charge in [0.25, 0.3) is 6.47 Å². The molecule has 1 aromatic heterocycles. The molecule has 0 atom stereocenters. The number of fused-ring (bicyclic) bond motifs is 1. The first-order valence-electron chi connectivity index (χ1n) is 7.24. The standard InChI is InChI=1S/C15H12FNO.C3H6O2/c16-17-10-9-13-14(17)7-4-8-15(13)18-11-12-5-2-1-3-6-12;1-2-5-3-4/h1-10H,11H2;3H,2H2,1H3. The Morgan fingerprint density at radius 3 is 2.52 bits per heavy atom. The second kappa shape index (κ2) is 8.58. The topological polar surface area (TPSA) is 40.5 Å². The van der Waals surface area contributed by atoms with Crippen LogP contribution in [0.15, 0.2) is 60.8 Å². The van der Waals surface area contributed by atoms with Crippen molar-refractivity contribution < 1.29 is 18.7 Å². The second-order valence-corrected chi connectivity index (χ2v) is 4.64. The number of hydrogen-bond acceptors (Lipinski definition) is 3. The van der Waals surface area contributed by atoms with Gasteiger partial charge in [0.05, 0.1) is 12.1 Å². The number of hydrogen-bond donors (Lipinski definition) is 0. The van der Waals surface area contributed by atoms with Crippen LogP contribution < -0.4 is 4.74 Å². The molecule has 1 heterocycles. The number of aromatic nitrogens is 1. The molecule has 0 saturated heterocycles. The molecule has 4 nitrogen and oxygen atoms in total. The van der Waals surface area contributed by atoms with Crippen LogP contribution in [0.3, 0.4) is 0 Å². The minimum Gasteiger partial charge on any atom is -0.488 e. The van der Waals surface area contributed by atoms with Crippen molar-refractivity contribution >= 4 is 17.4 Å². The first-order valence-corrected chi connectivity index (χ1v) is 7.24. The van der Waals surface area contributed by atoms with Crippen LogP contribution in [-0.2, 0) is 16.1 Å². The Morgan fingerprint density at radius 1 is 1.09 bits per heavy atom. The van der Waals surface area contributed by atoms with Gasteiger partial charge in [0.2, 0.25) is 0 Å². The summed E-state index contributed by atoms with van der Waals surface area (Å²) in [6, 6.07) is 17.0. The third-order valence-electron chi connectivity index (χ3n) is 3.12. The van der Waals surface area contributed by atoms with E-state index < -0.39 is 0 Å². The van der Waals surface area contributed by atoms with Gasteiger partial charge in [-0.15, -0.1) is 0 Å². The van der Waals surface area contributed by atoms with Gasteiger partial charge < -0.3 is 9.47 Å². The van der Waals surface area contributed by atoms with Crippen LogP contribution in [0.4, 0.5) is 4.48 Å². The number of carbonyl (C=O) groups excluding carboxylic acids is 1. The maximum absolute atomic E-state index is 13.4. The Labute approximate surface area is 134 Å². The SMILES string of the molecule is CCOC=O.Fn1ccc2c(OCc3ccccc3)cccc21. The Bertz CT molecular complexity index is 740. The summed E-state index contributed by atoms with van der Waals surface area (Å²) in [6.07, 6.45) is 1.39. The maximum atomic E-state index is 13.4. The highest BCUT2D eigenvalue weighted by Crippen LogP contribution is 2.27. The lowest BCUT2D eigenvalue weighted by Crippen LogP contribution is -1.95. The fourth-order valence-electron chi connectivity index (χ4n) is 2.04. The molecule has 5 heteroatoms. The number of rotatable bonds is 5. The largest absolute Gasteiger partial charge is 0.488 e. The number of nitrogens with zero attached hydrogens (tertiary/aromatic N) is 1. The fourth-order valence-corrected chi connectivity index (χ4v) is 2.04. The molecule has 0 fully saturated rings. The van der Waals surface area contributed by atoms with Gasteiger partial charge in [-0.1, -0.05) is 40.9 Å². The smallest absolute Gasteiger partial charge is 0.293 e. The third-order valence-corrected chi connectivity index (χ3v) is 3.12. The van der Waals surface area contributed by atoms with Gasteiger partial charge in [-0.05, 0) is 30.7 Å². The zero-order chi connectivity index (χ0) is 16.5. The van der Waals surface area contributed by atoms with E-state index >= 15 is 0 Å². The average molecular weight is 315 g/mol. The Morgan fingerprint density at radius 2 is 1.87 bits per heavy atom. The van der Waals surface area contributed by atoms with Crippen LogP contribution in [0, 0.1) is 0 Å². The number of ether oxygens (including phenoxy) is 2. The molecule has 0 aliphatic carbocycles. The van der Waals surface area contributed by atoms with Crippen LogP contribution in [0.2, 0.25) is 0 Å². The van der Waals surface area contributed by atoms with Crippen LogP contribution in [0.25, 0.3) is 10.9 Å². The van der Waals surface area contributed by atoms with Gasteiger partial charge in [0, 0.05) is 11.6 Å². The first-order chi connectivity index (χ1) is 11.3. The number of benzene rings is 2. The van der Waals surface area contributed by atoms with E-state index in [-0.39, 0.29) is 0 Å². The Balaban J connectivity index is 0.000000338. The molecule has 0 aliphatic rings. The van der Waals surface area contributed by atoms with Gasteiger partial charge in [-0.25, -0.2) is 0 Å². The van der Waals surface area contributed by atoms with Crippen LogP contribution in [0.5, 0.6) is 5.75 Å². The minimum atomic E-state index is 0.431. The van der Waals surface area contributed by atoms with Crippen molar-refractivity contribution in [1.82, 2.24) is 4.79 Å². The molecular formula is C18H18FNO3. The van der Waals surface area contributed by atoms with Crippen molar-refractivity contribution in [3.8, 4) is 5.75 Å². The molecule has 2 aromatic carbocycles. The molecule has 0 bridgehead atoms. The van der Waals surface area contributed by atoms with Crippen molar-refractivity contribution in [3.05, 3.63) is 66.4 Å². The summed E-state index contributed by atoms with van der Waals surface area (Å²) in [5, 5.41) is 0.788. The zero-order valence-electron chi connectivity index (χ0n) is 12.8. The summed E-state index contributed by atoms with van der Waals surface area (Å²) in [5.41, 5.74) is 1.62. The Hall–Kier alpha value is -2.82. The van der Waals surface area contributed by atoms with E-state index in [1.54, 1.807) is 25.1 Å². The van der Waals surface area contributed by atoms with Crippen LogP contribution in [-0.4, -0.2) is 17.9 Å². The van der Waals surface area contributed by atoms with Crippen molar-refractivity contribution in [2.75, 3.05) is 6.61 Å². The summed E-state index contributed by atoms with van der Waals surface area (Å²) in [6.45, 7) is 3.15. The van der Waals surface area contributed by atoms with Gasteiger partial charge in [-0.2, -0.15) is 4.79 Å². The third kappa shape index (κ3) is 4.57. The normalized spacial score (nSPS) is 9.83. The summed E-state index contributed by atoms with van der Waals surface area (Å²) in [7, 11) is 0. The van der Waals surface area contributed by atoms with Gasteiger partial charge in [0.1, 0.15) is 12.4 Å². The lowest BCUT2D eigenvalue weighted by Gasteiger charge is -2.07. The van der Waals surface area contributed by atoms with E-state index in [0.29, 0.717) is 35.7 Å². The van der Waals surface area contributed by atoms with Crippen LogP contribution >= 0.6 is 0 Å². The molecule has 120 valence electrons. The molecule has 0 amide bonds. The maximum Gasteiger partial charge on any atom is 0.293 e. The number of halogens is 1. The second-order valence-electron chi connectivity index (χ2n) is 4.64. The molecule has 0 N–H and O–H groups in total. The van der Waals surface area contributed by atoms with Gasteiger partial charge >= 0.3 is 0 Å². The van der Waals surface area contributed by atoms with Crippen molar-refractivity contribution in [2.24, 2.45) is 0 Å². The molecule has 0 radical (unpaired) electrons. The van der Waals surface area contributed by atoms with E-state index in [1.807, 2.05) is 36.4 Å². The quantitative estimate of drug-likeness (QED) is 0.665. The van der Waals surface area contributed by atoms with Crippen LogP contribution in [0.1, 0.15) is 12.5 Å². The monoisotopic (exact) mass is 315 g/mol. The van der Waals surface area contributed by atoms with Gasteiger partial charge in [-0.3, -0.25) is 4.79 Å². The summed E-state index contributed by atoms with van der Waals surface area (Å²) in [5.74, 6) is 0.702. The Kier molecular flexibility index (Phi) is 6.17. The summed E-state index contributed by atoms with van der Waals surface area (Å²) >= 11 is 0. The van der Waals surface area contributed by atoms with E-state index in [4.69, 9.17) is 4.74 Å². The highest BCUT2D eigenvalue weighted by Gasteiger charge is 2.06. The molecule has 0 saturated carbocycles. The van der Waals surface area contributed by atoms with Crippen molar-refractivity contribution in [1.29, 1.82) is 0 Å². The lowest BCUT2D eigenvalue weighted by molar-refractivity contribution is -0.128. The molecule has 3 aromatic rings. The molecule has 23 heavy (non-hydrogen) atoms. The molecule has 3 rings (SSSR count). The van der Waals surface area contributed by atoms with E-state index in [1.165, 1.54) is 6.20 Å². The lowest BCUT2D eigenvalue weighted by atomic mass is 10.2. The zero-order valence-corrected chi connectivity index (χ0v) is 12.8. The van der Waals surface area contributed by atoms with Crippen molar-refractivity contribution in [2.45, 2.75) is 13.5 Å². The van der Waals surface area contributed by atoms with Crippen molar-refractivity contribution in [3.63, 3.8) is 0 Å². The summed E-state index contributed by atoms with van der Waals surface area (Å²) in [4.78, 5) is 9.78. The molecular weight excluding hydrogens is 297 g/mol. The molecule has 0 spiro atoms. The van der Waals surface area contributed by atoms with E-state index in [0.717, 1.165) is 10.9 Å².